The van der Waals surface area contributed by atoms with Gasteiger partial charge in [0.25, 0.3) is 5.91 Å². The maximum absolute atomic E-state index is 12.9. The van der Waals surface area contributed by atoms with E-state index in [-0.39, 0.29) is 18.2 Å². The Hall–Kier alpha value is -2.64. The molecule has 1 atom stereocenters. The molecule has 6 nitrogen and oxygen atoms in total. The highest BCUT2D eigenvalue weighted by atomic mass is 35.5. The number of amides is 2. The summed E-state index contributed by atoms with van der Waals surface area (Å²) < 4.78 is 5.19. The van der Waals surface area contributed by atoms with Gasteiger partial charge in [-0.3, -0.25) is 14.5 Å². The van der Waals surface area contributed by atoms with Crippen LogP contribution in [0.5, 0.6) is 5.75 Å². The van der Waals surface area contributed by atoms with E-state index >= 15 is 0 Å². The number of thiocarbonyl (C=S) groups is 1. The topological polar surface area (TPSA) is 61.9 Å². The minimum Gasteiger partial charge on any atom is -0.497 e. The highest BCUT2D eigenvalue weighted by Crippen LogP contribution is 2.24. The van der Waals surface area contributed by atoms with Crippen molar-refractivity contribution in [3.63, 3.8) is 0 Å². The van der Waals surface area contributed by atoms with Gasteiger partial charge in [-0.1, -0.05) is 23.7 Å². The van der Waals surface area contributed by atoms with Crippen LogP contribution in [0.2, 0.25) is 5.02 Å². The number of ether oxygens (including phenoxy) is 1. The van der Waals surface area contributed by atoms with Crippen LogP contribution in [0.3, 0.4) is 0 Å². The van der Waals surface area contributed by atoms with Crippen LogP contribution in [0.4, 0.5) is 5.69 Å². The molecule has 1 heterocycles. The third-order valence-electron chi connectivity index (χ3n) is 4.74. The molecule has 1 N–H and O–H groups in total. The fourth-order valence-electron chi connectivity index (χ4n) is 3.21. The predicted octanol–water partition coefficient (Wildman–Crippen LogP) is 3.70. The van der Waals surface area contributed by atoms with E-state index in [0.717, 1.165) is 11.3 Å². The van der Waals surface area contributed by atoms with Gasteiger partial charge in [-0.2, -0.15) is 0 Å². The normalized spacial score (nSPS) is 16.3. The smallest absolute Gasteiger partial charge is 0.252 e. The van der Waals surface area contributed by atoms with E-state index in [1.807, 2.05) is 36.1 Å². The zero-order chi connectivity index (χ0) is 21.0. The van der Waals surface area contributed by atoms with E-state index in [1.165, 1.54) is 0 Å². The van der Waals surface area contributed by atoms with E-state index in [4.69, 9.17) is 28.6 Å². The molecule has 2 aromatic rings. The van der Waals surface area contributed by atoms with Crippen LogP contribution < -0.4 is 10.1 Å². The molecule has 1 aliphatic heterocycles. The molecular weight excluding hydrogens is 410 g/mol. The molecule has 1 saturated heterocycles. The Kier molecular flexibility index (Phi) is 6.71. The van der Waals surface area contributed by atoms with Gasteiger partial charge in [-0.25, -0.2) is 0 Å². The fraction of sp³-hybridized carbons (Fsp3) is 0.286. The molecule has 0 unspecified atom stereocenters. The minimum atomic E-state index is -0.642. The van der Waals surface area contributed by atoms with Crippen LogP contribution in [-0.4, -0.2) is 46.4 Å². The summed E-state index contributed by atoms with van der Waals surface area (Å²) in [6, 6.07) is 13.7. The second kappa shape index (κ2) is 9.24. The number of nitrogens with zero attached hydrogens (tertiary/aromatic N) is 2. The molecule has 0 aliphatic carbocycles. The number of hydrogen-bond acceptors (Lipinski definition) is 4. The number of halogens is 1. The van der Waals surface area contributed by atoms with Gasteiger partial charge in [0, 0.05) is 23.8 Å². The summed E-state index contributed by atoms with van der Waals surface area (Å²) >= 11 is 11.4. The van der Waals surface area contributed by atoms with Crippen molar-refractivity contribution >= 4 is 46.4 Å². The summed E-state index contributed by atoms with van der Waals surface area (Å²) in [5, 5.41) is 3.84. The maximum atomic E-state index is 12.9. The zero-order valence-corrected chi connectivity index (χ0v) is 17.8. The van der Waals surface area contributed by atoms with Gasteiger partial charge in [0.1, 0.15) is 11.8 Å². The summed E-state index contributed by atoms with van der Waals surface area (Å²) in [5.41, 5.74) is 1.60. The Labute approximate surface area is 180 Å². The molecule has 1 fully saturated rings. The fourth-order valence-corrected chi connectivity index (χ4v) is 3.75. The number of anilines is 1. The number of nitrogens with one attached hydrogen (secondary N) is 1. The lowest BCUT2D eigenvalue weighted by Gasteiger charge is -2.24. The molecule has 3 rings (SSSR count). The Balaban J connectivity index is 1.75. The van der Waals surface area contributed by atoms with Crippen molar-refractivity contribution in [2.45, 2.75) is 25.9 Å². The van der Waals surface area contributed by atoms with Gasteiger partial charge in [0.05, 0.1) is 13.5 Å². The summed E-state index contributed by atoms with van der Waals surface area (Å²) in [5.74, 6) is 0.339. The first-order valence-corrected chi connectivity index (χ1v) is 10.0. The van der Waals surface area contributed by atoms with Crippen molar-refractivity contribution < 1.29 is 14.3 Å². The molecule has 152 valence electrons. The van der Waals surface area contributed by atoms with Crippen LogP contribution >= 0.6 is 23.8 Å². The van der Waals surface area contributed by atoms with Gasteiger partial charge in [-0.05, 0) is 61.1 Å². The molecule has 8 heteroatoms. The quantitative estimate of drug-likeness (QED) is 0.677. The van der Waals surface area contributed by atoms with Crippen molar-refractivity contribution in [3.05, 3.63) is 59.1 Å². The molecule has 0 bridgehead atoms. The van der Waals surface area contributed by atoms with E-state index in [9.17, 15) is 9.59 Å². The SMILES string of the molecule is CCN1C(=O)[C@@H](CC(=O)Nc2ccc(Cl)cc2)N(Cc2ccc(OC)cc2)C1=S. The number of rotatable bonds is 7. The third kappa shape index (κ3) is 4.86. The van der Waals surface area contributed by atoms with Crippen LogP contribution in [-0.2, 0) is 16.1 Å². The van der Waals surface area contributed by atoms with E-state index in [1.54, 1.807) is 36.3 Å². The largest absolute Gasteiger partial charge is 0.497 e. The monoisotopic (exact) mass is 431 g/mol. The van der Waals surface area contributed by atoms with E-state index < -0.39 is 6.04 Å². The molecule has 0 spiro atoms. The van der Waals surface area contributed by atoms with Crippen molar-refractivity contribution in [2.24, 2.45) is 0 Å². The summed E-state index contributed by atoms with van der Waals surface area (Å²) in [6.45, 7) is 2.77. The standard InChI is InChI=1S/C21H22ClN3O3S/c1-3-24-20(27)18(12-19(26)23-16-8-6-15(22)7-9-16)25(21(24)29)13-14-4-10-17(28-2)11-5-14/h4-11,18H,3,12-13H2,1-2H3,(H,23,26)/t18-/m1/s1. The Morgan fingerprint density at radius 2 is 1.83 bits per heavy atom. The first-order valence-electron chi connectivity index (χ1n) is 9.23. The first-order chi connectivity index (χ1) is 13.9. The second-order valence-electron chi connectivity index (χ2n) is 6.62. The van der Waals surface area contributed by atoms with E-state index in [2.05, 4.69) is 5.32 Å². The maximum Gasteiger partial charge on any atom is 0.252 e. The second-order valence-corrected chi connectivity index (χ2v) is 7.42. The Bertz CT molecular complexity index is 902. The molecule has 2 aromatic carbocycles. The van der Waals surface area contributed by atoms with Crippen molar-refractivity contribution in [1.29, 1.82) is 0 Å². The van der Waals surface area contributed by atoms with Crippen LogP contribution in [0, 0.1) is 0 Å². The summed E-state index contributed by atoms with van der Waals surface area (Å²) in [4.78, 5) is 28.8. The van der Waals surface area contributed by atoms with Gasteiger partial charge in [0.2, 0.25) is 5.91 Å². The van der Waals surface area contributed by atoms with Gasteiger partial charge in [-0.15, -0.1) is 0 Å². The van der Waals surface area contributed by atoms with Crippen LogP contribution in [0.1, 0.15) is 18.9 Å². The highest BCUT2D eigenvalue weighted by Gasteiger charge is 2.42. The molecule has 0 saturated carbocycles. The Morgan fingerprint density at radius 1 is 1.17 bits per heavy atom. The van der Waals surface area contributed by atoms with Crippen LogP contribution in [0.15, 0.2) is 48.5 Å². The van der Waals surface area contributed by atoms with Gasteiger partial charge >= 0.3 is 0 Å². The molecule has 2 amide bonds. The number of carbonyl (C=O) groups is 2. The average molecular weight is 432 g/mol. The van der Waals surface area contributed by atoms with Gasteiger partial charge < -0.3 is 15.0 Å². The number of likely N-dealkylation sites (N-methyl/N-ethyl adjacent to an activating group) is 1. The minimum absolute atomic E-state index is 0.00819. The third-order valence-corrected chi connectivity index (χ3v) is 5.45. The first kappa shape index (κ1) is 21.1. The number of methoxy groups -OCH3 is 1. The van der Waals surface area contributed by atoms with Crippen LogP contribution in [0.25, 0.3) is 0 Å². The summed E-state index contributed by atoms with van der Waals surface area (Å²) in [7, 11) is 1.61. The summed E-state index contributed by atoms with van der Waals surface area (Å²) in [6.07, 6.45) is 0.00819. The molecular formula is C21H22ClN3O3S. The Morgan fingerprint density at radius 3 is 2.41 bits per heavy atom. The lowest BCUT2D eigenvalue weighted by molar-refractivity contribution is -0.130. The lowest BCUT2D eigenvalue weighted by atomic mass is 10.1. The number of hydrogen-bond donors (Lipinski definition) is 1. The number of carbonyl (C=O) groups excluding carboxylic acids is 2. The molecule has 29 heavy (non-hydrogen) atoms. The van der Waals surface area contributed by atoms with Crippen molar-refractivity contribution in [2.75, 3.05) is 19.0 Å². The molecule has 1 aliphatic rings. The lowest BCUT2D eigenvalue weighted by Crippen LogP contribution is -2.37. The van der Waals surface area contributed by atoms with Gasteiger partial charge in [0.15, 0.2) is 5.11 Å². The average Bonchev–Trinajstić information content (AvgIpc) is 2.93. The highest BCUT2D eigenvalue weighted by molar-refractivity contribution is 7.80. The molecule has 0 radical (unpaired) electrons. The van der Waals surface area contributed by atoms with Crippen molar-refractivity contribution in [1.82, 2.24) is 9.80 Å². The molecule has 0 aromatic heterocycles. The van der Waals surface area contributed by atoms with E-state index in [0.29, 0.717) is 28.9 Å². The zero-order valence-electron chi connectivity index (χ0n) is 16.2. The number of benzene rings is 2. The predicted molar refractivity (Wildman–Crippen MR) is 117 cm³/mol. The van der Waals surface area contributed by atoms with Crippen molar-refractivity contribution in [3.8, 4) is 5.75 Å².